The van der Waals surface area contributed by atoms with Crippen molar-refractivity contribution in [2.24, 2.45) is 0 Å². The van der Waals surface area contributed by atoms with E-state index in [1.165, 1.54) is 0 Å². The quantitative estimate of drug-likeness (QED) is 0.245. The van der Waals surface area contributed by atoms with Gasteiger partial charge in [0.15, 0.2) is 6.29 Å². The summed E-state index contributed by atoms with van der Waals surface area (Å²) in [6.07, 6.45) is -8.67. The normalized spacial score (nSPS) is 17.3. The van der Waals surface area contributed by atoms with Gasteiger partial charge in [-0.1, -0.05) is 0 Å². The number of hydrogen-bond donors (Lipinski definition) is 7. The maximum absolute atomic E-state index is 9.90. The van der Waals surface area contributed by atoms with E-state index in [4.69, 9.17) is 40.5 Å². The van der Waals surface area contributed by atoms with E-state index in [1.807, 2.05) is 0 Å². The molecular weight excluding hydrogens is 228 g/mol. The van der Waals surface area contributed by atoms with Gasteiger partial charge in [-0.25, -0.2) is 4.79 Å². The summed E-state index contributed by atoms with van der Waals surface area (Å²) in [7, 11) is 0. The monoisotopic (exact) mass is 242 g/mol. The Bertz CT molecular complexity index is 202. The summed E-state index contributed by atoms with van der Waals surface area (Å²) in [5.74, 6) is 0. The number of carboxylic acid groups (broad SMARTS) is 2. The zero-order valence-corrected chi connectivity index (χ0v) is 8.04. The van der Waals surface area contributed by atoms with Gasteiger partial charge in [0.25, 0.3) is 0 Å². The predicted octanol–water partition coefficient (Wildman–Crippen LogP) is -3.16. The number of rotatable bonds is 5. The lowest BCUT2D eigenvalue weighted by Crippen LogP contribution is -2.46. The number of hydrogen-bond acceptors (Lipinski definition) is 7. The average Bonchev–Trinajstić information content (AvgIpc) is 2.24. The molecule has 0 aromatic carbocycles. The van der Waals surface area contributed by atoms with Crippen LogP contribution in [-0.4, -0.2) is 79.2 Å². The van der Waals surface area contributed by atoms with Gasteiger partial charge in [-0.05, 0) is 0 Å². The van der Waals surface area contributed by atoms with Gasteiger partial charge in [-0.2, -0.15) is 0 Å². The first-order chi connectivity index (χ1) is 7.27. The standard InChI is InChI=1S/C6H12O6.CH2O3/c7-1-3(9)5(11)6(12)4(10)2-8;2-1(3)4/h1,3-6,8-12H,2H2;(H2,2,3,4)/t3-,4-,5-,6-;/m1./s1. The van der Waals surface area contributed by atoms with Crippen molar-refractivity contribution in [1.82, 2.24) is 0 Å². The SMILES string of the molecule is O=C(O)O.O=C[C@@H](O)[C@@H](O)[C@H](O)[C@H](O)CO. The van der Waals surface area contributed by atoms with E-state index in [-0.39, 0.29) is 6.29 Å². The zero-order valence-electron chi connectivity index (χ0n) is 8.04. The Balaban J connectivity index is 0. The topological polar surface area (TPSA) is 176 Å². The molecule has 0 unspecified atom stereocenters. The van der Waals surface area contributed by atoms with Crippen molar-refractivity contribution in [3.63, 3.8) is 0 Å². The van der Waals surface area contributed by atoms with Crippen LogP contribution in [0.25, 0.3) is 0 Å². The number of aldehydes is 1. The molecule has 0 aliphatic rings. The second-order valence-electron chi connectivity index (χ2n) is 2.64. The van der Waals surface area contributed by atoms with Gasteiger partial charge in [0, 0.05) is 0 Å². The van der Waals surface area contributed by atoms with Crippen molar-refractivity contribution >= 4 is 12.4 Å². The third-order valence-electron chi connectivity index (χ3n) is 1.42. The first-order valence-electron chi connectivity index (χ1n) is 3.98. The Kier molecular flexibility index (Phi) is 9.65. The summed E-state index contributed by atoms with van der Waals surface area (Å²) >= 11 is 0. The fourth-order valence-corrected chi connectivity index (χ4v) is 0.618. The molecule has 0 amide bonds. The van der Waals surface area contributed by atoms with E-state index < -0.39 is 37.2 Å². The molecule has 0 aliphatic carbocycles. The van der Waals surface area contributed by atoms with Crippen LogP contribution < -0.4 is 0 Å². The lowest BCUT2D eigenvalue weighted by molar-refractivity contribution is -0.136. The third-order valence-corrected chi connectivity index (χ3v) is 1.42. The fourth-order valence-electron chi connectivity index (χ4n) is 0.618. The highest BCUT2D eigenvalue weighted by atomic mass is 16.6. The lowest BCUT2D eigenvalue weighted by atomic mass is 10.0. The molecule has 0 saturated carbocycles. The molecule has 0 heterocycles. The molecule has 0 saturated heterocycles. The largest absolute Gasteiger partial charge is 0.503 e. The van der Waals surface area contributed by atoms with Gasteiger partial charge < -0.3 is 40.5 Å². The highest BCUT2D eigenvalue weighted by Crippen LogP contribution is 2.02. The zero-order chi connectivity index (χ0) is 13.3. The predicted molar refractivity (Wildman–Crippen MR) is 47.8 cm³/mol. The highest BCUT2D eigenvalue weighted by molar-refractivity contribution is 5.56. The number of aliphatic hydroxyl groups is 5. The molecule has 0 fully saturated rings. The van der Waals surface area contributed by atoms with E-state index in [1.54, 1.807) is 0 Å². The van der Waals surface area contributed by atoms with Crippen LogP contribution in [-0.2, 0) is 4.79 Å². The van der Waals surface area contributed by atoms with Crippen molar-refractivity contribution in [2.75, 3.05) is 6.61 Å². The molecule has 7 N–H and O–H groups in total. The molecule has 0 bridgehead atoms. The van der Waals surface area contributed by atoms with Crippen molar-refractivity contribution < 1.29 is 45.3 Å². The molecule has 96 valence electrons. The Morgan fingerprint density at radius 1 is 1.06 bits per heavy atom. The Labute approximate surface area is 89.8 Å². The van der Waals surface area contributed by atoms with Gasteiger partial charge in [0.1, 0.15) is 24.4 Å². The van der Waals surface area contributed by atoms with Gasteiger partial charge in [-0.15, -0.1) is 0 Å². The van der Waals surface area contributed by atoms with Crippen molar-refractivity contribution in [3.8, 4) is 0 Å². The molecule has 0 rings (SSSR count). The minimum Gasteiger partial charge on any atom is -0.450 e. The van der Waals surface area contributed by atoms with Crippen LogP contribution in [0.5, 0.6) is 0 Å². The number of aliphatic hydroxyl groups excluding tert-OH is 5. The van der Waals surface area contributed by atoms with Crippen molar-refractivity contribution in [1.29, 1.82) is 0 Å². The van der Waals surface area contributed by atoms with Crippen LogP contribution in [0.4, 0.5) is 4.79 Å². The van der Waals surface area contributed by atoms with Crippen molar-refractivity contribution in [2.45, 2.75) is 24.4 Å². The van der Waals surface area contributed by atoms with Gasteiger partial charge >= 0.3 is 6.16 Å². The first-order valence-corrected chi connectivity index (χ1v) is 3.98. The molecule has 0 aromatic rings. The summed E-state index contributed by atoms with van der Waals surface area (Å²) < 4.78 is 0. The molecule has 0 radical (unpaired) electrons. The number of carbonyl (C=O) groups excluding carboxylic acids is 1. The molecule has 9 nitrogen and oxygen atoms in total. The summed E-state index contributed by atoms with van der Waals surface area (Å²) in [5, 5.41) is 57.5. The average molecular weight is 242 g/mol. The minimum atomic E-state index is -1.83. The second kappa shape index (κ2) is 9.00. The van der Waals surface area contributed by atoms with Gasteiger partial charge in [0.2, 0.25) is 0 Å². The van der Waals surface area contributed by atoms with Crippen LogP contribution in [0.2, 0.25) is 0 Å². The summed E-state index contributed by atoms with van der Waals surface area (Å²) in [6.45, 7) is -0.760. The smallest absolute Gasteiger partial charge is 0.450 e. The summed E-state index contributed by atoms with van der Waals surface area (Å²) in [4.78, 5) is 18.5. The van der Waals surface area contributed by atoms with Crippen LogP contribution in [0.3, 0.4) is 0 Å². The van der Waals surface area contributed by atoms with Gasteiger partial charge in [-0.3, -0.25) is 0 Å². The molecule has 0 aliphatic heterocycles. The van der Waals surface area contributed by atoms with Crippen LogP contribution >= 0.6 is 0 Å². The Hall–Kier alpha value is -1.26. The summed E-state index contributed by atoms with van der Waals surface area (Å²) in [5.41, 5.74) is 0. The molecule has 0 aromatic heterocycles. The second-order valence-corrected chi connectivity index (χ2v) is 2.64. The van der Waals surface area contributed by atoms with E-state index in [2.05, 4.69) is 0 Å². The van der Waals surface area contributed by atoms with E-state index >= 15 is 0 Å². The Morgan fingerprint density at radius 2 is 1.44 bits per heavy atom. The maximum atomic E-state index is 9.90. The minimum absolute atomic E-state index is 0.0258. The number of carbonyl (C=O) groups is 2. The molecule has 0 spiro atoms. The van der Waals surface area contributed by atoms with Gasteiger partial charge in [0.05, 0.1) is 6.61 Å². The molecular formula is C7H14O9. The Morgan fingerprint density at radius 3 is 1.69 bits per heavy atom. The van der Waals surface area contributed by atoms with Crippen LogP contribution in [0, 0.1) is 0 Å². The lowest BCUT2D eigenvalue weighted by Gasteiger charge is -2.22. The first kappa shape index (κ1) is 17.1. The molecule has 16 heavy (non-hydrogen) atoms. The third kappa shape index (κ3) is 8.08. The maximum Gasteiger partial charge on any atom is 0.503 e. The van der Waals surface area contributed by atoms with E-state index in [9.17, 15) is 4.79 Å². The summed E-state index contributed by atoms with van der Waals surface area (Å²) in [6, 6.07) is 0. The van der Waals surface area contributed by atoms with Crippen molar-refractivity contribution in [3.05, 3.63) is 0 Å². The molecule has 4 atom stereocenters. The van der Waals surface area contributed by atoms with E-state index in [0.717, 1.165) is 0 Å². The fraction of sp³-hybridized carbons (Fsp3) is 0.714. The van der Waals surface area contributed by atoms with Crippen LogP contribution in [0.15, 0.2) is 0 Å². The van der Waals surface area contributed by atoms with E-state index in [0.29, 0.717) is 0 Å². The highest BCUT2D eigenvalue weighted by Gasteiger charge is 2.29. The van der Waals surface area contributed by atoms with Crippen LogP contribution in [0.1, 0.15) is 0 Å². The molecule has 9 heteroatoms.